The van der Waals surface area contributed by atoms with E-state index in [0.717, 1.165) is 12.8 Å². The smallest absolute Gasteiger partial charge is 0.317 e. The van der Waals surface area contributed by atoms with Crippen molar-refractivity contribution in [2.24, 2.45) is 0 Å². The first-order valence-corrected chi connectivity index (χ1v) is 6.79. The summed E-state index contributed by atoms with van der Waals surface area (Å²) in [5, 5.41) is 13.3. The molecule has 0 saturated carbocycles. The average Bonchev–Trinajstić information content (AvgIpc) is 2.76. The number of rotatable bonds is 5. The largest absolute Gasteiger partial charge is 0.548 e. The van der Waals surface area contributed by atoms with Gasteiger partial charge in [0.05, 0.1) is 12.0 Å². The van der Waals surface area contributed by atoms with Crippen molar-refractivity contribution in [3.05, 3.63) is 0 Å². The van der Waals surface area contributed by atoms with Gasteiger partial charge in [-0.25, -0.2) is 4.79 Å². The Kier molecular flexibility index (Phi) is 5.45. The van der Waals surface area contributed by atoms with Crippen molar-refractivity contribution in [2.75, 3.05) is 25.1 Å². The highest BCUT2D eigenvalue weighted by atomic mass is 32.2. The lowest BCUT2D eigenvalue weighted by atomic mass is 10.2. The third kappa shape index (κ3) is 3.92. The van der Waals surface area contributed by atoms with E-state index < -0.39 is 12.0 Å². The highest BCUT2D eigenvalue weighted by Gasteiger charge is 2.20. The summed E-state index contributed by atoms with van der Waals surface area (Å²) in [4.78, 5) is 24.1. The van der Waals surface area contributed by atoms with Crippen molar-refractivity contribution in [3.8, 4) is 0 Å². The van der Waals surface area contributed by atoms with Crippen molar-refractivity contribution in [1.82, 2.24) is 10.2 Å². The third-order valence-corrected chi connectivity index (χ3v) is 3.23. The molecule has 1 fully saturated rings. The van der Waals surface area contributed by atoms with Crippen molar-refractivity contribution in [2.45, 2.75) is 25.3 Å². The molecule has 1 rings (SSSR count). The number of nitrogens with one attached hydrogen (secondary N) is 1. The molecule has 0 bridgehead atoms. The number of carboxylic acid groups (broad SMARTS) is 1. The van der Waals surface area contributed by atoms with Gasteiger partial charge in [0.2, 0.25) is 0 Å². The molecule has 0 unspecified atom stereocenters. The first-order valence-electron chi connectivity index (χ1n) is 5.40. The first kappa shape index (κ1) is 13.2. The minimum Gasteiger partial charge on any atom is -0.548 e. The Balaban J connectivity index is 2.40. The average molecular weight is 245 g/mol. The van der Waals surface area contributed by atoms with Crippen molar-refractivity contribution in [3.63, 3.8) is 0 Å². The fraction of sp³-hybridized carbons (Fsp3) is 0.800. The molecule has 1 heterocycles. The molecule has 5 nitrogen and oxygen atoms in total. The van der Waals surface area contributed by atoms with E-state index in [9.17, 15) is 14.7 Å². The van der Waals surface area contributed by atoms with E-state index in [1.807, 2.05) is 6.26 Å². The van der Waals surface area contributed by atoms with Crippen LogP contribution in [-0.4, -0.2) is 48.0 Å². The molecule has 1 N–H and O–H groups in total. The number of carboxylic acids is 1. The molecule has 1 saturated heterocycles. The summed E-state index contributed by atoms with van der Waals surface area (Å²) >= 11 is 1.55. The van der Waals surface area contributed by atoms with Crippen molar-refractivity contribution >= 4 is 23.8 Å². The fourth-order valence-electron chi connectivity index (χ4n) is 1.65. The van der Waals surface area contributed by atoms with Gasteiger partial charge in [0.1, 0.15) is 0 Å². The van der Waals surface area contributed by atoms with Gasteiger partial charge in [-0.3, -0.25) is 0 Å². The molecule has 0 spiro atoms. The van der Waals surface area contributed by atoms with Crippen LogP contribution in [0.5, 0.6) is 0 Å². The normalized spacial score (nSPS) is 17.2. The van der Waals surface area contributed by atoms with Gasteiger partial charge in [-0.15, -0.1) is 0 Å². The second-order valence-electron chi connectivity index (χ2n) is 3.80. The summed E-state index contributed by atoms with van der Waals surface area (Å²) in [7, 11) is 0. The van der Waals surface area contributed by atoms with Crippen LogP contribution in [0.4, 0.5) is 4.79 Å². The third-order valence-electron chi connectivity index (χ3n) is 2.59. The van der Waals surface area contributed by atoms with Crippen LogP contribution in [0.2, 0.25) is 0 Å². The zero-order chi connectivity index (χ0) is 12.0. The molecular weight excluding hydrogens is 228 g/mol. The monoisotopic (exact) mass is 245 g/mol. The predicted octanol–water partition coefficient (Wildman–Crippen LogP) is -0.337. The minimum absolute atomic E-state index is 0.284. The summed E-state index contributed by atoms with van der Waals surface area (Å²) in [6.45, 7) is 1.43. The van der Waals surface area contributed by atoms with E-state index in [4.69, 9.17) is 0 Å². The van der Waals surface area contributed by atoms with E-state index in [1.54, 1.807) is 16.7 Å². The number of urea groups is 1. The Morgan fingerprint density at radius 1 is 1.44 bits per heavy atom. The van der Waals surface area contributed by atoms with Gasteiger partial charge in [0.15, 0.2) is 0 Å². The Morgan fingerprint density at radius 2 is 2.06 bits per heavy atom. The molecule has 0 aromatic carbocycles. The summed E-state index contributed by atoms with van der Waals surface area (Å²) < 4.78 is 0. The topological polar surface area (TPSA) is 72.5 Å². The van der Waals surface area contributed by atoms with Gasteiger partial charge < -0.3 is 20.1 Å². The van der Waals surface area contributed by atoms with Crippen LogP contribution in [0.25, 0.3) is 0 Å². The predicted molar refractivity (Wildman–Crippen MR) is 61.1 cm³/mol. The molecule has 1 atom stereocenters. The van der Waals surface area contributed by atoms with Gasteiger partial charge in [0, 0.05) is 13.1 Å². The number of thioether (sulfide) groups is 1. The molecule has 6 heteroatoms. The van der Waals surface area contributed by atoms with Crippen LogP contribution >= 0.6 is 11.8 Å². The Labute approximate surface area is 99.6 Å². The van der Waals surface area contributed by atoms with Crippen LogP contribution in [0.3, 0.4) is 0 Å². The number of carbonyl (C=O) groups excluding carboxylic acids is 2. The lowest BCUT2D eigenvalue weighted by Crippen LogP contribution is -2.51. The highest BCUT2D eigenvalue weighted by molar-refractivity contribution is 7.98. The lowest BCUT2D eigenvalue weighted by molar-refractivity contribution is -0.308. The second kappa shape index (κ2) is 6.62. The molecule has 0 aromatic rings. The van der Waals surface area contributed by atoms with Gasteiger partial charge in [-0.1, -0.05) is 0 Å². The number of hydrogen-bond acceptors (Lipinski definition) is 4. The zero-order valence-electron chi connectivity index (χ0n) is 9.40. The maximum atomic E-state index is 11.6. The Morgan fingerprint density at radius 3 is 2.56 bits per heavy atom. The molecule has 2 amide bonds. The van der Waals surface area contributed by atoms with Gasteiger partial charge in [-0.2, -0.15) is 11.8 Å². The van der Waals surface area contributed by atoms with Gasteiger partial charge >= 0.3 is 6.03 Å². The SMILES string of the molecule is CSCC[C@H](NC(=O)N1CCCC1)C(=O)[O-]. The summed E-state index contributed by atoms with van der Waals surface area (Å²) in [6.07, 6.45) is 4.29. The molecule has 16 heavy (non-hydrogen) atoms. The van der Waals surface area contributed by atoms with Crippen molar-refractivity contribution in [1.29, 1.82) is 0 Å². The molecule has 1 aliphatic heterocycles. The first-order chi connectivity index (χ1) is 7.65. The van der Waals surface area contributed by atoms with E-state index in [2.05, 4.69) is 5.32 Å². The molecule has 0 aliphatic carbocycles. The number of carbonyl (C=O) groups is 2. The second-order valence-corrected chi connectivity index (χ2v) is 4.78. The Hall–Kier alpha value is -0.910. The summed E-state index contributed by atoms with van der Waals surface area (Å²) in [6, 6.07) is -1.16. The maximum Gasteiger partial charge on any atom is 0.317 e. The maximum absolute atomic E-state index is 11.6. The lowest BCUT2D eigenvalue weighted by Gasteiger charge is -2.23. The summed E-state index contributed by atoms with van der Waals surface area (Å²) in [5.41, 5.74) is 0. The number of likely N-dealkylation sites (tertiary alicyclic amines) is 1. The minimum atomic E-state index is -1.21. The van der Waals surface area contributed by atoms with Crippen LogP contribution in [-0.2, 0) is 4.79 Å². The standard InChI is InChI=1S/C10H18N2O3S/c1-16-7-4-8(9(13)14)11-10(15)12-5-2-3-6-12/h8H,2-7H2,1H3,(H,11,15)(H,13,14)/p-1/t8-/m0/s1. The molecule has 0 radical (unpaired) electrons. The summed E-state index contributed by atoms with van der Waals surface area (Å²) in [5.74, 6) is -0.513. The number of nitrogens with zero attached hydrogens (tertiary/aromatic N) is 1. The number of amides is 2. The van der Waals surface area contributed by atoms with Crippen LogP contribution in [0.1, 0.15) is 19.3 Å². The number of aliphatic carboxylic acids is 1. The highest BCUT2D eigenvalue weighted by Crippen LogP contribution is 2.08. The van der Waals surface area contributed by atoms with Crippen LogP contribution in [0, 0.1) is 0 Å². The Bertz CT molecular complexity index is 254. The van der Waals surface area contributed by atoms with Crippen LogP contribution in [0.15, 0.2) is 0 Å². The molecule has 0 aromatic heterocycles. The molecule has 1 aliphatic rings. The van der Waals surface area contributed by atoms with E-state index in [0.29, 0.717) is 25.3 Å². The van der Waals surface area contributed by atoms with Gasteiger partial charge in [0.25, 0.3) is 0 Å². The van der Waals surface area contributed by atoms with Gasteiger partial charge in [-0.05, 0) is 31.3 Å². The molecular formula is C10H17N2O3S-. The van der Waals surface area contributed by atoms with E-state index >= 15 is 0 Å². The number of hydrogen-bond donors (Lipinski definition) is 1. The van der Waals surface area contributed by atoms with Crippen molar-refractivity contribution < 1.29 is 14.7 Å². The van der Waals surface area contributed by atoms with E-state index in [-0.39, 0.29) is 6.03 Å². The fourth-order valence-corrected chi connectivity index (χ4v) is 2.12. The quantitative estimate of drug-likeness (QED) is 0.719. The zero-order valence-corrected chi connectivity index (χ0v) is 10.2. The van der Waals surface area contributed by atoms with E-state index in [1.165, 1.54) is 0 Å². The van der Waals surface area contributed by atoms with Crippen LogP contribution < -0.4 is 10.4 Å². The molecule has 92 valence electrons.